The molecule has 0 aliphatic carbocycles. The summed E-state index contributed by atoms with van der Waals surface area (Å²) in [6, 6.07) is 4.69. The monoisotopic (exact) mass is 260 g/mol. The average Bonchev–Trinajstić information content (AvgIpc) is 2.33. The van der Waals surface area contributed by atoms with Crippen molar-refractivity contribution in [2.45, 2.75) is 65.5 Å². The van der Waals surface area contributed by atoms with E-state index in [1.165, 1.54) is 35.2 Å². The maximum Gasteiger partial charge on any atom is 0.0408 e. The van der Waals surface area contributed by atoms with Crippen molar-refractivity contribution in [3.05, 3.63) is 28.8 Å². The summed E-state index contributed by atoms with van der Waals surface area (Å²) in [7, 11) is 0. The lowest BCUT2D eigenvalue weighted by Gasteiger charge is -2.48. The summed E-state index contributed by atoms with van der Waals surface area (Å²) >= 11 is 0. The molecule has 0 saturated carbocycles. The van der Waals surface area contributed by atoms with Gasteiger partial charge < -0.3 is 10.6 Å². The first-order valence-electron chi connectivity index (χ1n) is 7.51. The van der Waals surface area contributed by atoms with Crippen molar-refractivity contribution in [3.8, 4) is 0 Å². The number of aryl methyl sites for hydroxylation is 1. The van der Waals surface area contributed by atoms with Crippen LogP contribution in [0.25, 0.3) is 0 Å². The van der Waals surface area contributed by atoms with Gasteiger partial charge in [-0.2, -0.15) is 0 Å². The Labute approximate surface area is 118 Å². The second-order valence-corrected chi connectivity index (χ2v) is 6.61. The molecule has 2 nitrogen and oxygen atoms in total. The zero-order valence-electron chi connectivity index (χ0n) is 13.1. The van der Waals surface area contributed by atoms with E-state index in [9.17, 15) is 0 Å². The number of hydrogen-bond acceptors (Lipinski definition) is 2. The third-order valence-corrected chi connectivity index (χ3v) is 4.51. The molecule has 106 valence electrons. The topological polar surface area (TPSA) is 29.3 Å². The van der Waals surface area contributed by atoms with E-state index in [0.29, 0.717) is 12.5 Å². The van der Waals surface area contributed by atoms with Crippen LogP contribution in [0.4, 0.5) is 5.69 Å². The van der Waals surface area contributed by atoms with Gasteiger partial charge in [-0.25, -0.2) is 0 Å². The lowest BCUT2D eigenvalue weighted by Crippen LogP contribution is -2.48. The zero-order chi connectivity index (χ0) is 14.2. The predicted molar refractivity (Wildman–Crippen MR) is 83.8 cm³/mol. The molecule has 1 heterocycles. The molecule has 0 bridgehead atoms. The fourth-order valence-electron chi connectivity index (χ4n) is 3.55. The molecule has 1 aromatic carbocycles. The number of anilines is 1. The van der Waals surface area contributed by atoms with E-state index in [-0.39, 0.29) is 5.54 Å². The number of nitrogens with two attached hydrogens (primary N) is 1. The second-order valence-electron chi connectivity index (χ2n) is 6.61. The number of fused-ring (bicyclic) bond motifs is 1. The SMILES string of the molecule is CCCN1c2cc(C)c(CN)cc2[C@H](C)CC1(C)C. The minimum Gasteiger partial charge on any atom is -0.366 e. The maximum atomic E-state index is 5.86. The Kier molecular flexibility index (Phi) is 3.91. The first-order chi connectivity index (χ1) is 8.90. The van der Waals surface area contributed by atoms with Crippen LogP contribution in [0, 0.1) is 6.92 Å². The summed E-state index contributed by atoms with van der Waals surface area (Å²) in [5.41, 5.74) is 11.6. The van der Waals surface area contributed by atoms with Gasteiger partial charge in [0.25, 0.3) is 0 Å². The molecule has 0 radical (unpaired) electrons. The summed E-state index contributed by atoms with van der Waals surface area (Å²) in [5.74, 6) is 0.615. The van der Waals surface area contributed by atoms with Gasteiger partial charge in [-0.05, 0) is 62.3 Å². The van der Waals surface area contributed by atoms with Gasteiger partial charge in [-0.15, -0.1) is 0 Å². The van der Waals surface area contributed by atoms with Gasteiger partial charge in [-0.3, -0.25) is 0 Å². The molecular formula is C17H28N2. The molecule has 0 unspecified atom stereocenters. The van der Waals surface area contributed by atoms with Crippen molar-refractivity contribution in [1.82, 2.24) is 0 Å². The lowest BCUT2D eigenvalue weighted by molar-refractivity contribution is 0.376. The van der Waals surface area contributed by atoms with Crippen molar-refractivity contribution in [1.29, 1.82) is 0 Å². The van der Waals surface area contributed by atoms with Crippen LogP contribution in [0.15, 0.2) is 12.1 Å². The second kappa shape index (κ2) is 5.16. The van der Waals surface area contributed by atoms with Gasteiger partial charge in [0.1, 0.15) is 0 Å². The Morgan fingerprint density at radius 3 is 2.63 bits per heavy atom. The Balaban J connectivity index is 2.55. The molecule has 2 heteroatoms. The van der Waals surface area contributed by atoms with Gasteiger partial charge in [0.05, 0.1) is 0 Å². The minimum absolute atomic E-state index is 0.249. The molecule has 1 atom stereocenters. The van der Waals surface area contributed by atoms with Gasteiger partial charge >= 0.3 is 0 Å². The summed E-state index contributed by atoms with van der Waals surface area (Å²) < 4.78 is 0. The first kappa shape index (κ1) is 14.4. The molecule has 19 heavy (non-hydrogen) atoms. The summed E-state index contributed by atoms with van der Waals surface area (Å²) in [6.45, 7) is 13.3. The molecule has 0 spiro atoms. The Morgan fingerprint density at radius 2 is 2.05 bits per heavy atom. The largest absolute Gasteiger partial charge is 0.366 e. The van der Waals surface area contributed by atoms with Crippen LogP contribution < -0.4 is 10.6 Å². The third-order valence-electron chi connectivity index (χ3n) is 4.51. The molecule has 0 amide bonds. The smallest absolute Gasteiger partial charge is 0.0408 e. The molecule has 0 aromatic heterocycles. The van der Waals surface area contributed by atoms with Gasteiger partial charge in [0, 0.05) is 24.3 Å². The van der Waals surface area contributed by atoms with Crippen LogP contribution in [-0.2, 0) is 6.54 Å². The summed E-state index contributed by atoms with van der Waals surface area (Å²) in [5, 5.41) is 0. The van der Waals surface area contributed by atoms with Crippen molar-refractivity contribution in [2.75, 3.05) is 11.4 Å². The number of benzene rings is 1. The van der Waals surface area contributed by atoms with Gasteiger partial charge in [0.15, 0.2) is 0 Å². The lowest BCUT2D eigenvalue weighted by atomic mass is 9.79. The van der Waals surface area contributed by atoms with Crippen molar-refractivity contribution in [3.63, 3.8) is 0 Å². The van der Waals surface area contributed by atoms with Crippen LogP contribution in [0.1, 0.15) is 63.1 Å². The maximum absolute atomic E-state index is 5.86. The fourth-order valence-corrected chi connectivity index (χ4v) is 3.55. The summed E-state index contributed by atoms with van der Waals surface area (Å²) in [4.78, 5) is 2.59. The molecule has 1 aliphatic heterocycles. The van der Waals surface area contributed by atoms with E-state index in [1.54, 1.807) is 0 Å². The highest BCUT2D eigenvalue weighted by molar-refractivity contribution is 5.62. The third kappa shape index (κ3) is 2.51. The molecule has 1 aliphatic rings. The zero-order valence-corrected chi connectivity index (χ0v) is 13.1. The highest BCUT2D eigenvalue weighted by atomic mass is 15.2. The van der Waals surface area contributed by atoms with Crippen LogP contribution in [0.3, 0.4) is 0 Å². The molecular weight excluding hydrogens is 232 g/mol. The van der Waals surface area contributed by atoms with Crippen LogP contribution in [-0.4, -0.2) is 12.1 Å². The van der Waals surface area contributed by atoms with E-state index in [2.05, 4.69) is 51.7 Å². The Morgan fingerprint density at radius 1 is 1.37 bits per heavy atom. The number of hydrogen-bond donors (Lipinski definition) is 1. The van der Waals surface area contributed by atoms with Crippen LogP contribution in [0.2, 0.25) is 0 Å². The highest BCUT2D eigenvalue weighted by Gasteiger charge is 2.35. The van der Waals surface area contributed by atoms with E-state index in [4.69, 9.17) is 5.73 Å². The normalized spacial score (nSPS) is 21.4. The molecule has 2 rings (SSSR count). The van der Waals surface area contributed by atoms with Crippen LogP contribution >= 0.6 is 0 Å². The fraction of sp³-hybridized carbons (Fsp3) is 0.647. The van der Waals surface area contributed by atoms with E-state index in [1.807, 2.05) is 0 Å². The van der Waals surface area contributed by atoms with E-state index in [0.717, 1.165) is 6.54 Å². The first-order valence-corrected chi connectivity index (χ1v) is 7.51. The number of rotatable bonds is 3. The quantitative estimate of drug-likeness (QED) is 0.891. The average molecular weight is 260 g/mol. The van der Waals surface area contributed by atoms with E-state index < -0.39 is 0 Å². The van der Waals surface area contributed by atoms with Crippen molar-refractivity contribution in [2.24, 2.45) is 5.73 Å². The van der Waals surface area contributed by atoms with Crippen molar-refractivity contribution < 1.29 is 0 Å². The Bertz CT molecular complexity index is 463. The van der Waals surface area contributed by atoms with Gasteiger partial charge in [0.2, 0.25) is 0 Å². The Hall–Kier alpha value is -1.02. The molecule has 1 aromatic rings. The van der Waals surface area contributed by atoms with E-state index >= 15 is 0 Å². The summed E-state index contributed by atoms with van der Waals surface area (Å²) in [6.07, 6.45) is 2.40. The van der Waals surface area contributed by atoms with Crippen molar-refractivity contribution >= 4 is 5.69 Å². The molecule has 2 N–H and O–H groups in total. The molecule has 0 fully saturated rings. The minimum atomic E-state index is 0.249. The standard InChI is InChI=1S/C17H28N2/c1-6-7-19-16-8-12(2)14(11-18)9-15(16)13(3)10-17(19,4)5/h8-9,13H,6-7,10-11,18H2,1-5H3/t13-/m1/s1. The predicted octanol–water partition coefficient (Wildman–Crippen LogP) is 3.96. The highest BCUT2D eigenvalue weighted by Crippen LogP contribution is 2.44. The van der Waals surface area contributed by atoms with Crippen LogP contribution in [0.5, 0.6) is 0 Å². The van der Waals surface area contributed by atoms with Gasteiger partial charge in [-0.1, -0.05) is 19.9 Å². The number of nitrogens with zero attached hydrogens (tertiary/aromatic N) is 1. The molecule has 0 saturated heterocycles.